The number of nitrogens with zero attached hydrogens (tertiary/aromatic N) is 2. The smallest absolute Gasteiger partial charge is 0.265 e. The number of anilines is 1. The highest BCUT2D eigenvalue weighted by molar-refractivity contribution is 7.09. The topological polar surface area (TPSA) is 97.1 Å². The Balaban J connectivity index is 1.61. The molecule has 1 aliphatic rings. The summed E-state index contributed by atoms with van der Waals surface area (Å²) in [7, 11) is 0. The van der Waals surface area contributed by atoms with Crippen LogP contribution in [-0.2, 0) is 11.3 Å². The molecule has 8 heteroatoms. The van der Waals surface area contributed by atoms with Gasteiger partial charge in [-0.05, 0) is 48.6 Å². The third-order valence-electron chi connectivity index (χ3n) is 4.01. The fourth-order valence-electron chi connectivity index (χ4n) is 2.47. The monoisotopic (exact) mass is 368 g/mol. The Bertz CT molecular complexity index is 917. The number of nitrogens with one attached hydrogen (secondary N) is 2. The minimum atomic E-state index is -0.313. The highest BCUT2D eigenvalue weighted by Gasteiger charge is 2.32. The van der Waals surface area contributed by atoms with Gasteiger partial charge < -0.3 is 15.1 Å². The van der Waals surface area contributed by atoms with Crippen molar-refractivity contribution in [3.63, 3.8) is 0 Å². The molecule has 26 heavy (non-hydrogen) atoms. The van der Waals surface area contributed by atoms with Crippen LogP contribution in [0.5, 0.6) is 0 Å². The van der Waals surface area contributed by atoms with Crippen molar-refractivity contribution in [1.29, 1.82) is 0 Å². The highest BCUT2D eigenvalue weighted by Crippen LogP contribution is 2.35. The van der Waals surface area contributed by atoms with E-state index in [9.17, 15) is 9.59 Å². The number of rotatable bonds is 6. The third-order valence-corrected chi connectivity index (χ3v) is 4.85. The average Bonchev–Trinajstić information content (AvgIpc) is 3.23. The average molecular weight is 368 g/mol. The fraction of sp³-hybridized carbons (Fsp3) is 0.222. The molecule has 0 bridgehead atoms. The van der Waals surface area contributed by atoms with Gasteiger partial charge in [0.2, 0.25) is 5.91 Å². The molecular formula is C18H16N4O3S. The van der Waals surface area contributed by atoms with Gasteiger partial charge in [-0.1, -0.05) is 6.07 Å². The van der Waals surface area contributed by atoms with Crippen LogP contribution in [0.2, 0.25) is 0 Å². The van der Waals surface area contributed by atoms with Crippen LogP contribution in [0.15, 0.2) is 47.2 Å². The molecule has 3 aromatic rings. The van der Waals surface area contributed by atoms with E-state index >= 15 is 0 Å². The molecule has 0 spiro atoms. The summed E-state index contributed by atoms with van der Waals surface area (Å²) >= 11 is 1.04. The first kappa shape index (κ1) is 16.5. The lowest BCUT2D eigenvalue weighted by molar-refractivity contribution is -0.117. The maximum absolute atomic E-state index is 12.6. The van der Waals surface area contributed by atoms with Gasteiger partial charge in [-0.2, -0.15) is 4.37 Å². The van der Waals surface area contributed by atoms with Gasteiger partial charge in [0.15, 0.2) is 0 Å². The fourth-order valence-corrected chi connectivity index (χ4v) is 3.23. The Kier molecular flexibility index (Phi) is 4.49. The Labute approximate surface area is 153 Å². The number of aromatic nitrogens is 2. The molecule has 0 atom stereocenters. The number of hydrogen-bond acceptors (Lipinski definition) is 6. The number of carbonyl (C=O) groups is 2. The van der Waals surface area contributed by atoms with Gasteiger partial charge in [-0.3, -0.25) is 14.6 Å². The van der Waals surface area contributed by atoms with Gasteiger partial charge >= 0.3 is 0 Å². The standard InChI is InChI=1S/C18H16N4O3S/c23-17(11-6-7-11)21-15-14(13-5-1-2-8-19-13)22-26-16(15)18(24)20-10-12-4-3-9-25-12/h1-5,8-9,11H,6-7,10H2,(H,20,24)(H,21,23). The molecule has 3 heterocycles. The van der Waals surface area contributed by atoms with Gasteiger partial charge in [-0.25, -0.2) is 0 Å². The van der Waals surface area contributed by atoms with E-state index in [2.05, 4.69) is 20.0 Å². The molecule has 0 aliphatic heterocycles. The normalized spacial score (nSPS) is 13.4. The zero-order valence-electron chi connectivity index (χ0n) is 13.8. The van der Waals surface area contributed by atoms with E-state index in [-0.39, 0.29) is 24.3 Å². The SMILES string of the molecule is O=C(NCc1ccco1)c1snc(-c2ccccn2)c1NC(=O)C1CC1. The van der Waals surface area contributed by atoms with Crippen molar-refractivity contribution in [3.8, 4) is 11.4 Å². The van der Waals surface area contributed by atoms with Crippen LogP contribution < -0.4 is 10.6 Å². The van der Waals surface area contributed by atoms with Crippen molar-refractivity contribution in [3.05, 3.63) is 53.4 Å². The summed E-state index contributed by atoms with van der Waals surface area (Å²) in [6.07, 6.45) is 4.96. The maximum Gasteiger partial charge on any atom is 0.265 e. The predicted octanol–water partition coefficient (Wildman–Crippen LogP) is 3.08. The Morgan fingerprint density at radius 3 is 2.81 bits per heavy atom. The van der Waals surface area contributed by atoms with E-state index in [1.807, 2.05) is 6.07 Å². The van der Waals surface area contributed by atoms with E-state index in [1.165, 1.54) is 0 Å². The second-order valence-electron chi connectivity index (χ2n) is 5.98. The molecule has 132 valence electrons. The van der Waals surface area contributed by atoms with Crippen molar-refractivity contribution in [2.45, 2.75) is 19.4 Å². The van der Waals surface area contributed by atoms with Crippen molar-refractivity contribution < 1.29 is 14.0 Å². The maximum atomic E-state index is 12.6. The number of furan rings is 1. The van der Waals surface area contributed by atoms with Crippen molar-refractivity contribution in [2.24, 2.45) is 5.92 Å². The minimum absolute atomic E-state index is 0.0190. The summed E-state index contributed by atoms with van der Waals surface area (Å²) in [5, 5.41) is 5.67. The number of amides is 2. The van der Waals surface area contributed by atoms with Crippen molar-refractivity contribution >= 4 is 29.0 Å². The Hall–Kier alpha value is -3.00. The first-order valence-electron chi connectivity index (χ1n) is 8.25. The number of carbonyl (C=O) groups excluding carboxylic acids is 2. The van der Waals surface area contributed by atoms with Crippen LogP contribution in [0.1, 0.15) is 28.3 Å². The van der Waals surface area contributed by atoms with E-state index in [1.54, 1.807) is 36.7 Å². The lowest BCUT2D eigenvalue weighted by atomic mass is 10.2. The minimum Gasteiger partial charge on any atom is -0.467 e. The predicted molar refractivity (Wildman–Crippen MR) is 96.6 cm³/mol. The molecule has 4 rings (SSSR count). The van der Waals surface area contributed by atoms with Crippen molar-refractivity contribution in [1.82, 2.24) is 14.7 Å². The second kappa shape index (κ2) is 7.09. The zero-order chi connectivity index (χ0) is 17.9. The van der Waals surface area contributed by atoms with Crippen LogP contribution in [0.4, 0.5) is 5.69 Å². The largest absolute Gasteiger partial charge is 0.467 e. The summed E-state index contributed by atoms with van der Waals surface area (Å²) in [5.41, 5.74) is 1.54. The van der Waals surface area contributed by atoms with Gasteiger partial charge in [0.1, 0.15) is 16.3 Å². The van der Waals surface area contributed by atoms with Gasteiger partial charge in [0.05, 0.1) is 24.2 Å². The van der Waals surface area contributed by atoms with E-state index in [0.29, 0.717) is 27.7 Å². The summed E-state index contributed by atoms with van der Waals surface area (Å²) in [6.45, 7) is 0.263. The molecule has 1 saturated carbocycles. The Morgan fingerprint density at radius 1 is 1.23 bits per heavy atom. The van der Waals surface area contributed by atoms with Crippen LogP contribution in [0.3, 0.4) is 0 Å². The molecule has 2 N–H and O–H groups in total. The van der Waals surface area contributed by atoms with E-state index in [0.717, 1.165) is 24.4 Å². The zero-order valence-corrected chi connectivity index (χ0v) is 14.6. The second-order valence-corrected chi connectivity index (χ2v) is 6.75. The van der Waals surface area contributed by atoms with Crippen LogP contribution in [0, 0.1) is 5.92 Å². The van der Waals surface area contributed by atoms with Crippen LogP contribution in [-0.4, -0.2) is 21.2 Å². The molecule has 2 amide bonds. The summed E-state index contributed by atoms with van der Waals surface area (Å²) in [4.78, 5) is 29.5. The summed E-state index contributed by atoms with van der Waals surface area (Å²) in [5.74, 6) is 0.275. The van der Waals surface area contributed by atoms with Gasteiger partial charge in [0.25, 0.3) is 5.91 Å². The molecule has 0 saturated heterocycles. The first-order chi connectivity index (χ1) is 12.7. The number of hydrogen-bond donors (Lipinski definition) is 2. The molecule has 0 radical (unpaired) electrons. The Morgan fingerprint density at radius 2 is 2.12 bits per heavy atom. The van der Waals surface area contributed by atoms with Crippen LogP contribution in [0.25, 0.3) is 11.4 Å². The molecule has 1 aliphatic carbocycles. The van der Waals surface area contributed by atoms with Gasteiger partial charge in [0, 0.05) is 12.1 Å². The summed E-state index contributed by atoms with van der Waals surface area (Å²) in [6, 6.07) is 8.98. The van der Waals surface area contributed by atoms with E-state index in [4.69, 9.17) is 4.42 Å². The quantitative estimate of drug-likeness (QED) is 0.697. The molecular weight excluding hydrogens is 352 g/mol. The lowest BCUT2D eigenvalue weighted by Crippen LogP contribution is -2.24. The van der Waals surface area contributed by atoms with E-state index < -0.39 is 0 Å². The van der Waals surface area contributed by atoms with Crippen molar-refractivity contribution in [2.75, 3.05) is 5.32 Å². The van der Waals surface area contributed by atoms with Crippen LogP contribution >= 0.6 is 11.5 Å². The molecule has 3 aromatic heterocycles. The highest BCUT2D eigenvalue weighted by atomic mass is 32.1. The summed E-state index contributed by atoms with van der Waals surface area (Å²) < 4.78 is 9.59. The molecule has 0 aromatic carbocycles. The number of pyridine rings is 1. The molecule has 0 unspecified atom stereocenters. The molecule has 7 nitrogen and oxygen atoms in total. The lowest BCUT2D eigenvalue weighted by Gasteiger charge is -2.08. The first-order valence-corrected chi connectivity index (χ1v) is 9.02. The molecule has 1 fully saturated rings. The van der Waals surface area contributed by atoms with Gasteiger partial charge in [-0.15, -0.1) is 0 Å². The third kappa shape index (κ3) is 3.50.